The minimum atomic E-state index is -4.11. The van der Waals surface area contributed by atoms with E-state index in [1.807, 2.05) is 6.07 Å². The van der Waals surface area contributed by atoms with Gasteiger partial charge in [-0.1, -0.05) is 28.1 Å². The van der Waals surface area contributed by atoms with E-state index in [-0.39, 0.29) is 21.2 Å². The lowest BCUT2D eigenvalue weighted by molar-refractivity contribution is 0.0696. The van der Waals surface area contributed by atoms with Crippen LogP contribution >= 0.6 is 27.3 Å². The van der Waals surface area contributed by atoms with Gasteiger partial charge >= 0.3 is 5.97 Å². The fourth-order valence-electron chi connectivity index (χ4n) is 2.30. The molecule has 0 saturated heterocycles. The molecule has 0 amide bonds. The van der Waals surface area contributed by atoms with Crippen LogP contribution in [-0.2, 0) is 10.0 Å². The topological polar surface area (TPSA) is 126 Å². The van der Waals surface area contributed by atoms with Gasteiger partial charge in [-0.25, -0.2) is 18.2 Å². The van der Waals surface area contributed by atoms with Crippen LogP contribution in [0.25, 0.3) is 10.6 Å². The molecule has 0 atom stereocenters. The van der Waals surface area contributed by atoms with Crippen molar-refractivity contribution in [3.05, 3.63) is 52.6 Å². The predicted molar refractivity (Wildman–Crippen MR) is 108 cm³/mol. The molecule has 3 rings (SSSR count). The van der Waals surface area contributed by atoms with Gasteiger partial charge in [-0.05, 0) is 24.3 Å². The second-order valence-electron chi connectivity index (χ2n) is 5.48. The number of nitrogens with zero attached hydrogens (tertiary/aromatic N) is 1. The fraction of sp³-hybridized carbons (Fsp3) is 0.0588. The number of rotatable bonds is 6. The number of hydrogen-bond donors (Lipinski definition) is 3. The Labute approximate surface area is 172 Å². The molecular formula is C17H13BrN2O6S2. The third-order valence-corrected chi connectivity index (χ3v) is 6.97. The summed E-state index contributed by atoms with van der Waals surface area (Å²) in [5.74, 6) is -1.99. The summed E-state index contributed by atoms with van der Waals surface area (Å²) in [4.78, 5) is 15.4. The Morgan fingerprint density at radius 1 is 1.29 bits per heavy atom. The first-order valence-electron chi connectivity index (χ1n) is 7.60. The van der Waals surface area contributed by atoms with E-state index in [4.69, 9.17) is 9.84 Å². The molecule has 2 aromatic carbocycles. The molecule has 0 saturated carbocycles. The molecule has 1 aromatic heterocycles. The Kier molecular flexibility index (Phi) is 5.59. The van der Waals surface area contributed by atoms with Crippen LogP contribution in [0.5, 0.6) is 11.5 Å². The van der Waals surface area contributed by atoms with Crippen molar-refractivity contribution in [2.45, 2.75) is 4.21 Å². The quantitative estimate of drug-likeness (QED) is 0.454. The highest BCUT2D eigenvalue weighted by Gasteiger charge is 2.23. The number of sulfonamides is 1. The standard InChI is InChI=1S/C17H13BrN2O6S2/c1-26-13-7-10(17(22)23)6-12(15(13)21)20-28(24,25)14-8-19-16(27-14)9-3-2-4-11(18)5-9/h2-8,20-21H,1H3,(H,22,23). The number of benzene rings is 2. The van der Waals surface area contributed by atoms with Crippen molar-refractivity contribution < 1.29 is 28.2 Å². The number of aromatic carboxylic acids is 1. The molecule has 11 heteroatoms. The summed E-state index contributed by atoms with van der Waals surface area (Å²) in [5.41, 5.74) is 0.179. The monoisotopic (exact) mass is 484 g/mol. The minimum absolute atomic E-state index is 0.0958. The summed E-state index contributed by atoms with van der Waals surface area (Å²) in [5, 5.41) is 19.8. The normalized spacial score (nSPS) is 11.2. The van der Waals surface area contributed by atoms with Crippen LogP contribution in [-0.4, -0.2) is 36.7 Å². The first-order valence-corrected chi connectivity index (χ1v) is 10.7. The average Bonchev–Trinajstić information content (AvgIpc) is 3.14. The van der Waals surface area contributed by atoms with Gasteiger partial charge < -0.3 is 14.9 Å². The van der Waals surface area contributed by atoms with Gasteiger partial charge in [-0.15, -0.1) is 11.3 Å². The Morgan fingerprint density at radius 2 is 2.04 bits per heavy atom. The lowest BCUT2D eigenvalue weighted by Gasteiger charge is -2.12. The fourth-order valence-corrected chi connectivity index (χ4v) is 4.88. The Hall–Kier alpha value is -2.63. The lowest BCUT2D eigenvalue weighted by atomic mass is 10.2. The van der Waals surface area contributed by atoms with Crippen molar-refractivity contribution in [3.63, 3.8) is 0 Å². The van der Waals surface area contributed by atoms with Crippen LogP contribution < -0.4 is 9.46 Å². The van der Waals surface area contributed by atoms with Gasteiger partial charge in [-0.2, -0.15) is 0 Å². The van der Waals surface area contributed by atoms with Crippen LogP contribution in [0.4, 0.5) is 5.69 Å². The number of phenolic OH excluding ortho intramolecular Hbond substituents is 1. The molecule has 28 heavy (non-hydrogen) atoms. The molecule has 1 heterocycles. The first-order chi connectivity index (χ1) is 13.2. The van der Waals surface area contributed by atoms with Crippen molar-refractivity contribution in [3.8, 4) is 22.1 Å². The maximum Gasteiger partial charge on any atom is 0.335 e. The van der Waals surface area contributed by atoms with E-state index < -0.39 is 21.7 Å². The number of anilines is 1. The van der Waals surface area contributed by atoms with Gasteiger partial charge in [0.1, 0.15) is 5.01 Å². The number of aromatic hydroxyl groups is 1. The summed E-state index contributed by atoms with van der Waals surface area (Å²) in [6, 6.07) is 9.33. The van der Waals surface area contributed by atoms with E-state index in [9.17, 15) is 18.3 Å². The number of ether oxygens (including phenoxy) is 1. The van der Waals surface area contributed by atoms with E-state index in [1.54, 1.807) is 18.2 Å². The molecule has 0 radical (unpaired) electrons. The summed E-state index contributed by atoms with van der Waals surface area (Å²) >= 11 is 4.28. The summed E-state index contributed by atoms with van der Waals surface area (Å²) in [6.07, 6.45) is 1.19. The zero-order valence-electron chi connectivity index (χ0n) is 14.2. The van der Waals surface area contributed by atoms with Crippen LogP contribution in [0.15, 0.2) is 51.3 Å². The number of carboxylic acids is 1. The zero-order valence-corrected chi connectivity index (χ0v) is 17.4. The van der Waals surface area contributed by atoms with Crippen LogP contribution in [0.3, 0.4) is 0 Å². The van der Waals surface area contributed by atoms with E-state index in [1.165, 1.54) is 13.3 Å². The molecule has 0 fully saturated rings. The van der Waals surface area contributed by atoms with Crippen molar-refractivity contribution in [1.82, 2.24) is 4.98 Å². The smallest absolute Gasteiger partial charge is 0.335 e. The predicted octanol–water partition coefficient (Wildman–Crippen LogP) is 3.79. The SMILES string of the molecule is COc1cc(C(=O)O)cc(NS(=O)(=O)c2cnc(-c3cccc(Br)c3)s2)c1O. The molecule has 0 unspecified atom stereocenters. The van der Waals surface area contributed by atoms with Gasteiger partial charge in [-0.3, -0.25) is 4.72 Å². The van der Waals surface area contributed by atoms with Crippen molar-refractivity contribution >= 4 is 48.9 Å². The molecule has 0 aliphatic rings. The van der Waals surface area contributed by atoms with Gasteiger partial charge in [0.2, 0.25) is 0 Å². The second-order valence-corrected chi connectivity index (χ2v) is 9.34. The zero-order chi connectivity index (χ0) is 20.5. The number of nitrogens with one attached hydrogen (secondary N) is 1. The largest absolute Gasteiger partial charge is 0.503 e. The van der Waals surface area contributed by atoms with Gasteiger partial charge in [0.15, 0.2) is 15.7 Å². The maximum absolute atomic E-state index is 12.7. The third-order valence-electron chi connectivity index (χ3n) is 3.61. The van der Waals surface area contributed by atoms with Crippen LogP contribution in [0.2, 0.25) is 0 Å². The molecule has 0 spiro atoms. The molecule has 146 valence electrons. The van der Waals surface area contributed by atoms with E-state index in [0.29, 0.717) is 5.01 Å². The molecule has 3 aromatic rings. The van der Waals surface area contributed by atoms with Crippen LogP contribution in [0.1, 0.15) is 10.4 Å². The molecule has 0 aliphatic carbocycles. The minimum Gasteiger partial charge on any atom is -0.503 e. The number of carbonyl (C=O) groups is 1. The number of thiazole rings is 1. The van der Waals surface area contributed by atoms with Crippen molar-refractivity contribution in [1.29, 1.82) is 0 Å². The number of methoxy groups -OCH3 is 1. The molecule has 3 N–H and O–H groups in total. The number of hydrogen-bond acceptors (Lipinski definition) is 7. The van der Waals surface area contributed by atoms with Gasteiger partial charge in [0, 0.05) is 10.0 Å². The second kappa shape index (κ2) is 7.78. The molecule has 8 nitrogen and oxygen atoms in total. The van der Waals surface area contributed by atoms with Crippen molar-refractivity contribution in [2.75, 3.05) is 11.8 Å². The number of phenols is 1. The maximum atomic E-state index is 12.7. The summed E-state index contributed by atoms with van der Waals surface area (Å²) < 4.78 is 33.2. The Balaban J connectivity index is 1.97. The van der Waals surface area contributed by atoms with Crippen molar-refractivity contribution in [2.24, 2.45) is 0 Å². The highest BCUT2D eigenvalue weighted by molar-refractivity contribution is 9.10. The first kappa shape index (κ1) is 20.1. The summed E-state index contributed by atoms with van der Waals surface area (Å²) in [7, 11) is -2.89. The van der Waals surface area contributed by atoms with E-state index in [2.05, 4.69) is 25.6 Å². The van der Waals surface area contributed by atoms with Crippen LogP contribution in [0, 0.1) is 0 Å². The third kappa shape index (κ3) is 4.11. The van der Waals surface area contributed by atoms with E-state index >= 15 is 0 Å². The highest BCUT2D eigenvalue weighted by atomic mass is 79.9. The average molecular weight is 485 g/mol. The molecular weight excluding hydrogens is 472 g/mol. The van der Waals surface area contributed by atoms with Gasteiger partial charge in [0.25, 0.3) is 10.0 Å². The van der Waals surface area contributed by atoms with Gasteiger partial charge in [0.05, 0.1) is 24.6 Å². The number of carboxylic acid groups (broad SMARTS) is 1. The Bertz CT molecular complexity index is 1160. The molecule has 0 aliphatic heterocycles. The number of halogens is 1. The number of aromatic nitrogens is 1. The van der Waals surface area contributed by atoms with E-state index in [0.717, 1.165) is 33.5 Å². The highest BCUT2D eigenvalue weighted by Crippen LogP contribution is 2.38. The summed E-state index contributed by atoms with van der Waals surface area (Å²) in [6.45, 7) is 0. The molecule has 0 bridgehead atoms. The lowest BCUT2D eigenvalue weighted by Crippen LogP contribution is -2.12. The Morgan fingerprint density at radius 3 is 2.68 bits per heavy atom.